The number of benzene rings is 1. The number of hydrogen-bond acceptors (Lipinski definition) is 3. The summed E-state index contributed by atoms with van der Waals surface area (Å²) in [5.41, 5.74) is 1.30. The van der Waals surface area contributed by atoms with Gasteiger partial charge in [0.1, 0.15) is 0 Å². The Labute approximate surface area is 154 Å². The SMILES string of the molecule is O=S(=O)(c1ccc(C2CCCCC2)cc1)N1CCC[C@H]1c1cccs1. The average Bonchev–Trinajstić information content (AvgIpc) is 3.34. The molecule has 1 saturated carbocycles. The summed E-state index contributed by atoms with van der Waals surface area (Å²) in [6.45, 7) is 0.620. The Balaban J connectivity index is 1.57. The predicted molar refractivity (Wildman–Crippen MR) is 102 cm³/mol. The first-order valence-electron chi connectivity index (χ1n) is 9.31. The molecule has 1 aliphatic heterocycles. The van der Waals surface area contributed by atoms with E-state index in [1.54, 1.807) is 15.6 Å². The summed E-state index contributed by atoms with van der Waals surface area (Å²) in [6.07, 6.45) is 8.24. The maximum atomic E-state index is 13.2. The van der Waals surface area contributed by atoms with Gasteiger partial charge in [-0.1, -0.05) is 37.5 Å². The van der Waals surface area contributed by atoms with Gasteiger partial charge in [0.05, 0.1) is 10.9 Å². The fourth-order valence-electron chi connectivity index (χ4n) is 4.28. The van der Waals surface area contributed by atoms with Crippen LogP contribution in [0.5, 0.6) is 0 Å². The number of thiophene rings is 1. The summed E-state index contributed by atoms with van der Waals surface area (Å²) >= 11 is 1.65. The van der Waals surface area contributed by atoms with Crippen LogP contribution in [0.15, 0.2) is 46.7 Å². The van der Waals surface area contributed by atoms with Gasteiger partial charge in [0.15, 0.2) is 0 Å². The van der Waals surface area contributed by atoms with Crippen molar-refractivity contribution in [1.29, 1.82) is 0 Å². The van der Waals surface area contributed by atoms with Crippen molar-refractivity contribution in [3.8, 4) is 0 Å². The largest absolute Gasteiger partial charge is 0.243 e. The van der Waals surface area contributed by atoms with Crippen molar-refractivity contribution in [2.24, 2.45) is 0 Å². The van der Waals surface area contributed by atoms with E-state index in [0.29, 0.717) is 17.4 Å². The molecule has 2 fully saturated rings. The Morgan fingerprint density at radius 1 is 0.920 bits per heavy atom. The van der Waals surface area contributed by atoms with Crippen LogP contribution >= 0.6 is 11.3 Å². The minimum absolute atomic E-state index is 0.00280. The van der Waals surface area contributed by atoms with E-state index >= 15 is 0 Å². The van der Waals surface area contributed by atoms with Crippen molar-refractivity contribution in [2.75, 3.05) is 6.54 Å². The average molecular weight is 376 g/mol. The summed E-state index contributed by atoms with van der Waals surface area (Å²) in [7, 11) is -3.42. The van der Waals surface area contributed by atoms with Crippen molar-refractivity contribution in [2.45, 2.75) is 61.8 Å². The highest BCUT2D eigenvalue weighted by atomic mass is 32.2. The smallest absolute Gasteiger partial charge is 0.207 e. The Morgan fingerprint density at radius 2 is 1.68 bits per heavy atom. The van der Waals surface area contributed by atoms with E-state index < -0.39 is 10.0 Å². The minimum Gasteiger partial charge on any atom is -0.207 e. The molecule has 1 aromatic heterocycles. The second kappa shape index (κ2) is 7.22. The van der Waals surface area contributed by atoms with E-state index in [9.17, 15) is 8.42 Å². The van der Waals surface area contributed by atoms with Crippen LogP contribution in [0.25, 0.3) is 0 Å². The first kappa shape index (κ1) is 17.3. The van der Waals surface area contributed by atoms with Crippen molar-refractivity contribution in [3.63, 3.8) is 0 Å². The lowest BCUT2D eigenvalue weighted by Gasteiger charge is -2.24. The molecule has 2 aromatic rings. The van der Waals surface area contributed by atoms with Gasteiger partial charge in [-0.15, -0.1) is 11.3 Å². The van der Waals surface area contributed by atoms with E-state index in [1.165, 1.54) is 37.7 Å². The van der Waals surface area contributed by atoms with E-state index in [2.05, 4.69) is 6.07 Å². The molecule has 3 nitrogen and oxygen atoms in total. The van der Waals surface area contributed by atoms with Crippen LogP contribution in [0, 0.1) is 0 Å². The van der Waals surface area contributed by atoms with E-state index in [4.69, 9.17) is 0 Å². The normalized spacial score (nSPS) is 23.1. The molecule has 0 spiro atoms. The van der Waals surface area contributed by atoms with Crippen LogP contribution in [0.3, 0.4) is 0 Å². The molecule has 1 aliphatic carbocycles. The standard InChI is InChI=1S/C20H25NO2S2/c22-25(23,21-14-4-8-19(21)20-9-5-15-24-20)18-12-10-17(11-13-18)16-6-2-1-3-7-16/h5,9-13,15-16,19H,1-4,6-8,14H2/t19-/m0/s1. The highest BCUT2D eigenvalue weighted by Crippen LogP contribution is 2.39. The zero-order valence-electron chi connectivity index (χ0n) is 14.4. The molecule has 25 heavy (non-hydrogen) atoms. The monoisotopic (exact) mass is 375 g/mol. The Bertz CT molecular complexity index is 791. The third-order valence-corrected chi connectivity index (χ3v) is 8.53. The lowest BCUT2D eigenvalue weighted by Crippen LogP contribution is -2.30. The van der Waals surface area contributed by atoms with Gasteiger partial charge < -0.3 is 0 Å². The molecule has 0 amide bonds. The third-order valence-electron chi connectivity index (χ3n) is 5.64. The molecule has 134 valence electrons. The van der Waals surface area contributed by atoms with Gasteiger partial charge in [-0.05, 0) is 60.7 Å². The molecule has 0 radical (unpaired) electrons. The minimum atomic E-state index is -3.42. The topological polar surface area (TPSA) is 37.4 Å². The summed E-state index contributed by atoms with van der Waals surface area (Å²) in [4.78, 5) is 1.59. The molecular weight excluding hydrogens is 350 g/mol. The fourth-order valence-corrected chi connectivity index (χ4v) is 6.89. The number of sulfonamides is 1. The molecule has 5 heteroatoms. The first-order valence-corrected chi connectivity index (χ1v) is 11.6. The van der Waals surface area contributed by atoms with Crippen molar-refractivity contribution in [1.82, 2.24) is 4.31 Å². The van der Waals surface area contributed by atoms with Gasteiger partial charge in [-0.3, -0.25) is 0 Å². The quantitative estimate of drug-likeness (QED) is 0.725. The summed E-state index contributed by atoms with van der Waals surface area (Å²) in [6, 6.07) is 11.8. The van der Waals surface area contributed by atoms with Crippen molar-refractivity contribution in [3.05, 3.63) is 52.2 Å². The zero-order valence-corrected chi connectivity index (χ0v) is 16.1. The highest BCUT2D eigenvalue weighted by molar-refractivity contribution is 7.89. The Morgan fingerprint density at radius 3 is 2.36 bits per heavy atom. The molecule has 0 unspecified atom stereocenters. The molecule has 0 bridgehead atoms. The molecule has 0 N–H and O–H groups in total. The van der Waals surface area contributed by atoms with Crippen LogP contribution in [0.4, 0.5) is 0 Å². The fraction of sp³-hybridized carbons (Fsp3) is 0.500. The maximum absolute atomic E-state index is 13.2. The summed E-state index contributed by atoms with van der Waals surface area (Å²) in [5.74, 6) is 0.608. The van der Waals surface area contributed by atoms with Gasteiger partial charge in [0, 0.05) is 11.4 Å². The highest BCUT2D eigenvalue weighted by Gasteiger charge is 2.36. The maximum Gasteiger partial charge on any atom is 0.243 e. The van der Waals surface area contributed by atoms with Gasteiger partial charge in [0.25, 0.3) is 0 Å². The molecular formula is C20H25NO2S2. The predicted octanol–water partition coefficient (Wildman–Crippen LogP) is 5.32. The van der Waals surface area contributed by atoms with Crippen LogP contribution in [-0.2, 0) is 10.0 Å². The van der Waals surface area contributed by atoms with Gasteiger partial charge in [0.2, 0.25) is 10.0 Å². The third kappa shape index (κ3) is 3.42. The molecule has 1 aromatic carbocycles. The number of hydrogen-bond donors (Lipinski definition) is 0. The Kier molecular flexibility index (Phi) is 4.98. The van der Waals surface area contributed by atoms with Crippen LogP contribution in [0.2, 0.25) is 0 Å². The van der Waals surface area contributed by atoms with Gasteiger partial charge >= 0.3 is 0 Å². The zero-order chi connectivity index (χ0) is 17.3. The summed E-state index contributed by atoms with van der Waals surface area (Å²) in [5, 5.41) is 2.03. The van der Waals surface area contributed by atoms with E-state index in [0.717, 1.165) is 17.7 Å². The van der Waals surface area contributed by atoms with Crippen LogP contribution < -0.4 is 0 Å². The second-order valence-electron chi connectivity index (χ2n) is 7.19. The van der Waals surface area contributed by atoms with Crippen molar-refractivity contribution >= 4 is 21.4 Å². The molecule has 1 saturated heterocycles. The Hall–Kier alpha value is -1.17. The lowest BCUT2D eigenvalue weighted by molar-refractivity contribution is 0.401. The van der Waals surface area contributed by atoms with E-state index in [1.807, 2.05) is 35.7 Å². The molecule has 2 heterocycles. The molecule has 2 aliphatic rings. The van der Waals surface area contributed by atoms with Crippen LogP contribution in [0.1, 0.15) is 67.3 Å². The van der Waals surface area contributed by atoms with E-state index in [-0.39, 0.29) is 6.04 Å². The molecule has 4 rings (SSSR count). The molecule has 1 atom stereocenters. The first-order chi connectivity index (χ1) is 12.2. The van der Waals surface area contributed by atoms with Gasteiger partial charge in [-0.2, -0.15) is 4.31 Å². The number of nitrogens with zero attached hydrogens (tertiary/aromatic N) is 1. The second-order valence-corrected chi connectivity index (χ2v) is 10.1. The van der Waals surface area contributed by atoms with Gasteiger partial charge in [-0.25, -0.2) is 8.42 Å². The van der Waals surface area contributed by atoms with Crippen LogP contribution in [-0.4, -0.2) is 19.3 Å². The lowest BCUT2D eigenvalue weighted by atomic mass is 9.84. The van der Waals surface area contributed by atoms with Crippen molar-refractivity contribution < 1.29 is 8.42 Å². The number of rotatable bonds is 4. The summed E-state index contributed by atoms with van der Waals surface area (Å²) < 4.78 is 28.0.